The number of aryl methyl sites for hydroxylation is 1. The van der Waals surface area contributed by atoms with Crippen LogP contribution in [0.5, 0.6) is 0 Å². The Labute approximate surface area is 96.4 Å². The van der Waals surface area contributed by atoms with Crippen LogP contribution in [0.2, 0.25) is 0 Å². The molecule has 88 valence electrons. The molecule has 0 radical (unpaired) electrons. The van der Waals surface area contributed by atoms with Gasteiger partial charge in [0.15, 0.2) is 0 Å². The van der Waals surface area contributed by atoms with Gasteiger partial charge in [0.25, 0.3) is 0 Å². The summed E-state index contributed by atoms with van der Waals surface area (Å²) < 4.78 is 2.37. The van der Waals surface area contributed by atoms with Gasteiger partial charge in [-0.05, 0) is 51.6 Å². The van der Waals surface area contributed by atoms with Gasteiger partial charge in [-0.15, -0.1) is 10.2 Å². The highest BCUT2D eigenvalue weighted by molar-refractivity contribution is 5.02. The normalized spacial score (nSPS) is 25.9. The Kier molecular flexibility index (Phi) is 2.67. The zero-order valence-electron chi connectivity index (χ0n) is 9.95. The van der Waals surface area contributed by atoms with E-state index in [1.165, 1.54) is 38.1 Å². The molecule has 16 heavy (non-hydrogen) atoms. The summed E-state index contributed by atoms with van der Waals surface area (Å²) in [6, 6.07) is 0.710. The molecule has 1 aliphatic heterocycles. The zero-order chi connectivity index (χ0) is 11.0. The van der Waals surface area contributed by atoms with Crippen molar-refractivity contribution in [3.8, 4) is 0 Å². The second-order valence-electron chi connectivity index (χ2n) is 5.18. The zero-order valence-corrected chi connectivity index (χ0v) is 9.95. The number of aromatic nitrogens is 3. The highest BCUT2D eigenvalue weighted by Gasteiger charge is 2.29. The molecule has 2 heterocycles. The fourth-order valence-electron chi connectivity index (χ4n) is 2.72. The van der Waals surface area contributed by atoms with E-state index in [0.717, 1.165) is 24.7 Å². The maximum absolute atomic E-state index is 4.36. The summed E-state index contributed by atoms with van der Waals surface area (Å²) in [6.45, 7) is 4.41. The van der Waals surface area contributed by atoms with Gasteiger partial charge in [0.05, 0.1) is 0 Å². The molecule has 4 nitrogen and oxygen atoms in total. The van der Waals surface area contributed by atoms with Crippen molar-refractivity contribution in [1.29, 1.82) is 0 Å². The third-order valence-electron chi connectivity index (χ3n) is 3.72. The van der Waals surface area contributed by atoms with Gasteiger partial charge in [-0.25, -0.2) is 0 Å². The molecule has 3 rings (SSSR count). The standard InChI is InChI=1S/C12H20N4/c1-9-14-15-12(16(9)11-4-5-11)7-10-3-2-6-13-8-10/h10-11,13H,2-8H2,1H3. The Bertz CT molecular complexity index is 361. The minimum atomic E-state index is 0.710. The summed E-state index contributed by atoms with van der Waals surface area (Å²) in [5.74, 6) is 3.07. The van der Waals surface area contributed by atoms with Gasteiger partial charge in [-0.2, -0.15) is 0 Å². The van der Waals surface area contributed by atoms with Crippen molar-refractivity contribution < 1.29 is 0 Å². The lowest BCUT2D eigenvalue weighted by Gasteiger charge is -2.22. The summed E-state index contributed by atoms with van der Waals surface area (Å²) >= 11 is 0. The van der Waals surface area contributed by atoms with Crippen molar-refractivity contribution in [2.45, 2.75) is 45.1 Å². The van der Waals surface area contributed by atoms with E-state index in [-0.39, 0.29) is 0 Å². The molecule has 4 heteroatoms. The minimum Gasteiger partial charge on any atom is -0.316 e. The van der Waals surface area contributed by atoms with E-state index in [2.05, 4.69) is 27.0 Å². The number of hydrogen-bond donors (Lipinski definition) is 1. The topological polar surface area (TPSA) is 42.7 Å². The first-order valence-electron chi connectivity index (χ1n) is 6.45. The van der Waals surface area contributed by atoms with Gasteiger partial charge in [0.2, 0.25) is 0 Å². The summed E-state index contributed by atoms with van der Waals surface area (Å²) in [5, 5.41) is 12.1. The van der Waals surface area contributed by atoms with Gasteiger partial charge in [0.1, 0.15) is 11.6 Å². The lowest BCUT2D eigenvalue weighted by Crippen LogP contribution is -2.31. The molecule has 0 bridgehead atoms. The van der Waals surface area contributed by atoms with Crippen LogP contribution in [-0.4, -0.2) is 27.9 Å². The predicted molar refractivity (Wildman–Crippen MR) is 62.3 cm³/mol. The summed E-state index contributed by atoms with van der Waals surface area (Å²) in [5.41, 5.74) is 0. The Balaban J connectivity index is 1.73. The molecule has 1 unspecified atom stereocenters. The first kappa shape index (κ1) is 10.3. The number of rotatable bonds is 3. The van der Waals surface area contributed by atoms with E-state index >= 15 is 0 Å². The van der Waals surface area contributed by atoms with Crippen molar-refractivity contribution in [2.75, 3.05) is 13.1 Å². The Morgan fingerprint density at radius 3 is 2.88 bits per heavy atom. The van der Waals surface area contributed by atoms with Crippen LogP contribution in [-0.2, 0) is 6.42 Å². The van der Waals surface area contributed by atoms with E-state index in [1.54, 1.807) is 0 Å². The molecule has 0 amide bonds. The second-order valence-corrected chi connectivity index (χ2v) is 5.18. The lowest BCUT2D eigenvalue weighted by molar-refractivity contribution is 0.366. The van der Waals surface area contributed by atoms with Crippen LogP contribution in [0.1, 0.15) is 43.4 Å². The molecule has 2 fully saturated rings. The monoisotopic (exact) mass is 220 g/mol. The van der Waals surface area contributed by atoms with Crippen molar-refractivity contribution in [3.05, 3.63) is 11.6 Å². The van der Waals surface area contributed by atoms with Gasteiger partial charge in [-0.3, -0.25) is 0 Å². The van der Waals surface area contributed by atoms with Crippen LogP contribution < -0.4 is 5.32 Å². The minimum absolute atomic E-state index is 0.710. The largest absolute Gasteiger partial charge is 0.316 e. The molecule has 1 atom stereocenters. The SMILES string of the molecule is Cc1nnc(CC2CCCNC2)n1C1CC1. The van der Waals surface area contributed by atoms with Crippen LogP contribution in [0.4, 0.5) is 0 Å². The summed E-state index contributed by atoms with van der Waals surface area (Å²) in [4.78, 5) is 0. The van der Waals surface area contributed by atoms with Crippen LogP contribution in [0.15, 0.2) is 0 Å². The first-order chi connectivity index (χ1) is 7.84. The van der Waals surface area contributed by atoms with Crippen molar-refractivity contribution >= 4 is 0 Å². The molecule has 1 saturated carbocycles. The van der Waals surface area contributed by atoms with E-state index in [4.69, 9.17) is 0 Å². The number of hydrogen-bond acceptors (Lipinski definition) is 3. The third-order valence-corrected chi connectivity index (χ3v) is 3.72. The smallest absolute Gasteiger partial charge is 0.133 e. The third kappa shape index (κ3) is 1.98. The van der Waals surface area contributed by atoms with E-state index < -0.39 is 0 Å². The quantitative estimate of drug-likeness (QED) is 0.838. The molecule has 1 aromatic heterocycles. The molecule has 2 aliphatic rings. The van der Waals surface area contributed by atoms with Crippen molar-refractivity contribution in [2.24, 2.45) is 5.92 Å². The Morgan fingerprint density at radius 2 is 2.19 bits per heavy atom. The molecule has 1 aliphatic carbocycles. The Morgan fingerprint density at radius 1 is 1.31 bits per heavy atom. The molecule has 0 aromatic carbocycles. The van der Waals surface area contributed by atoms with Crippen LogP contribution in [0.3, 0.4) is 0 Å². The first-order valence-corrected chi connectivity index (χ1v) is 6.45. The molecule has 1 aromatic rings. The van der Waals surface area contributed by atoms with Gasteiger partial charge in [0, 0.05) is 12.5 Å². The van der Waals surface area contributed by atoms with Crippen LogP contribution in [0, 0.1) is 12.8 Å². The summed E-state index contributed by atoms with van der Waals surface area (Å²) in [6.07, 6.45) is 6.37. The molecule has 1 N–H and O–H groups in total. The van der Waals surface area contributed by atoms with E-state index in [0.29, 0.717) is 6.04 Å². The van der Waals surface area contributed by atoms with Crippen molar-refractivity contribution in [1.82, 2.24) is 20.1 Å². The highest BCUT2D eigenvalue weighted by atomic mass is 15.3. The van der Waals surface area contributed by atoms with Crippen LogP contribution >= 0.6 is 0 Å². The maximum Gasteiger partial charge on any atom is 0.133 e. The maximum atomic E-state index is 4.36. The number of nitrogens with zero attached hydrogens (tertiary/aromatic N) is 3. The highest BCUT2D eigenvalue weighted by Crippen LogP contribution is 2.37. The fourth-order valence-corrected chi connectivity index (χ4v) is 2.72. The van der Waals surface area contributed by atoms with Crippen molar-refractivity contribution in [3.63, 3.8) is 0 Å². The molecule has 1 saturated heterocycles. The van der Waals surface area contributed by atoms with E-state index in [9.17, 15) is 0 Å². The molecule has 0 spiro atoms. The van der Waals surface area contributed by atoms with Crippen LogP contribution in [0.25, 0.3) is 0 Å². The number of piperidine rings is 1. The molecular formula is C12H20N4. The van der Waals surface area contributed by atoms with Gasteiger partial charge >= 0.3 is 0 Å². The Hall–Kier alpha value is -0.900. The number of nitrogens with one attached hydrogen (secondary N) is 1. The lowest BCUT2D eigenvalue weighted by atomic mass is 9.96. The van der Waals surface area contributed by atoms with Gasteiger partial charge < -0.3 is 9.88 Å². The predicted octanol–water partition coefficient (Wildman–Crippen LogP) is 1.46. The average molecular weight is 220 g/mol. The molecular weight excluding hydrogens is 200 g/mol. The summed E-state index contributed by atoms with van der Waals surface area (Å²) in [7, 11) is 0. The fraction of sp³-hybridized carbons (Fsp3) is 0.833. The second kappa shape index (κ2) is 4.17. The van der Waals surface area contributed by atoms with E-state index in [1.807, 2.05) is 0 Å². The van der Waals surface area contributed by atoms with Gasteiger partial charge in [-0.1, -0.05) is 0 Å². The average Bonchev–Trinajstić information content (AvgIpc) is 3.07.